The van der Waals surface area contributed by atoms with Crippen molar-refractivity contribution >= 4 is 17.2 Å². The number of hydrogen-bond acceptors (Lipinski definition) is 5. The van der Waals surface area contributed by atoms with Gasteiger partial charge in [0.1, 0.15) is 0 Å². The smallest absolute Gasteiger partial charge is 0.234 e. The molecule has 17 heavy (non-hydrogen) atoms. The van der Waals surface area contributed by atoms with Crippen LogP contribution in [-0.2, 0) is 11.3 Å². The zero-order valence-electron chi connectivity index (χ0n) is 10.0. The zero-order chi connectivity index (χ0) is 12.1. The Morgan fingerprint density at radius 3 is 3.00 bits per heavy atom. The molecule has 2 N–H and O–H groups in total. The fourth-order valence-electron chi connectivity index (χ4n) is 1.80. The van der Waals surface area contributed by atoms with Crippen molar-refractivity contribution in [3.05, 3.63) is 16.1 Å². The molecule has 1 saturated heterocycles. The molecular formula is C11H18N4OS. The molecule has 0 saturated carbocycles. The van der Waals surface area contributed by atoms with Crippen molar-refractivity contribution in [3.63, 3.8) is 0 Å². The number of rotatable bonds is 4. The highest BCUT2D eigenvalue weighted by molar-refractivity contribution is 7.09. The van der Waals surface area contributed by atoms with Gasteiger partial charge in [-0.2, -0.15) is 0 Å². The second-order valence-electron chi connectivity index (χ2n) is 4.16. The van der Waals surface area contributed by atoms with E-state index in [1.807, 2.05) is 12.4 Å². The average Bonchev–Trinajstić information content (AvgIpc) is 2.74. The van der Waals surface area contributed by atoms with E-state index >= 15 is 0 Å². The molecule has 0 aromatic carbocycles. The van der Waals surface area contributed by atoms with Crippen molar-refractivity contribution < 1.29 is 4.79 Å². The average molecular weight is 254 g/mol. The lowest BCUT2D eigenvalue weighted by Gasteiger charge is -2.26. The summed E-state index contributed by atoms with van der Waals surface area (Å²) in [5, 5.41) is 6.21. The molecule has 1 aromatic rings. The van der Waals surface area contributed by atoms with E-state index in [1.54, 1.807) is 11.3 Å². The quantitative estimate of drug-likeness (QED) is 0.792. The summed E-state index contributed by atoms with van der Waals surface area (Å²) in [7, 11) is 0. The molecule has 0 atom stereocenters. The number of amides is 1. The Hall–Kier alpha value is -0.980. The van der Waals surface area contributed by atoms with E-state index in [4.69, 9.17) is 0 Å². The Bertz CT molecular complexity index is 373. The van der Waals surface area contributed by atoms with E-state index in [0.29, 0.717) is 13.1 Å². The monoisotopic (exact) mass is 254 g/mol. The van der Waals surface area contributed by atoms with Crippen LogP contribution in [0.2, 0.25) is 0 Å². The minimum absolute atomic E-state index is 0.0969. The molecule has 2 rings (SSSR count). The largest absolute Gasteiger partial charge is 0.350 e. The van der Waals surface area contributed by atoms with Gasteiger partial charge in [-0.1, -0.05) is 0 Å². The van der Waals surface area contributed by atoms with Gasteiger partial charge in [0.25, 0.3) is 0 Å². The Morgan fingerprint density at radius 2 is 2.35 bits per heavy atom. The predicted molar refractivity (Wildman–Crippen MR) is 68.0 cm³/mol. The van der Waals surface area contributed by atoms with E-state index in [9.17, 15) is 4.79 Å². The van der Waals surface area contributed by atoms with Crippen molar-refractivity contribution in [2.24, 2.45) is 0 Å². The fraction of sp³-hybridized carbons (Fsp3) is 0.636. The summed E-state index contributed by atoms with van der Waals surface area (Å²) in [4.78, 5) is 19.2. The molecule has 1 aliphatic rings. The van der Waals surface area contributed by atoms with Crippen LogP contribution in [0.25, 0.3) is 0 Å². The number of hydrogen-bond donors (Lipinski definition) is 2. The van der Waals surface area contributed by atoms with Gasteiger partial charge >= 0.3 is 0 Å². The number of carbonyl (C=O) groups excluding carboxylic acids is 1. The number of thiazole rings is 1. The second kappa shape index (κ2) is 6.09. The molecule has 5 nitrogen and oxygen atoms in total. The van der Waals surface area contributed by atoms with Gasteiger partial charge < -0.3 is 10.6 Å². The molecular weight excluding hydrogens is 236 g/mol. The van der Waals surface area contributed by atoms with Crippen LogP contribution in [0.1, 0.15) is 10.6 Å². The van der Waals surface area contributed by atoms with E-state index in [2.05, 4.69) is 20.5 Å². The number of carbonyl (C=O) groups is 1. The molecule has 0 unspecified atom stereocenters. The van der Waals surface area contributed by atoms with Crippen molar-refractivity contribution in [1.29, 1.82) is 0 Å². The first-order chi connectivity index (χ1) is 8.25. The maximum Gasteiger partial charge on any atom is 0.234 e. The van der Waals surface area contributed by atoms with Gasteiger partial charge in [0.2, 0.25) is 5.91 Å². The zero-order valence-corrected chi connectivity index (χ0v) is 10.8. The third-order valence-electron chi connectivity index (χ3n) is 2.87. The maximum absolute atomic E-state index is 11.7. The molecule has 1 aliphatic heterocycles. The lowest BCUT2D eigenvalue weighted by Crippen LogP contribution is -2.47. The van der Waals surface area contributed by atoms with Gasteiger partial charge in [-0.3, -0.25) is 9.69 Å². The number of nitrogens with one attached hydrogen (secondary N) is 2. The minimum Gasteiger partial charge on any atom is -0.350 e. The number of piperazine rings is 1. The Balaban J connectivity index is 1.72. The number of nitrogens with zero attached hydrogens (tertiary/aromatic N) is 2. The molecule has 1 fully saturated rings. The Labute approximate surface area is 105 Å². The summed E-state index contributed by atoms with van der Waals surface area (Å²) in [6.07, 6.45) is 0. The van der Waals surface area contributed by atoms with E-state index in [0.717, 1.165) is 36.8 Å². The molecule has 2 heterocycles. The number of aryl methyl sites for hydroxylation is 1. The molecule has 0 spiro atoms. The first kappa shape index (κ1) is 12.5. The normalized spacial score (nSPS) is 17.0. The highest BCUT2D eigenvalue weighted by atomic mass is 32.1. The van der Waals surface area contributed by atoms with Crippen LogP contribution in [0.4, 0.5) is 0 Å². The second-order valence-corrected chi connectivity index (χ2v) is 5.10. The molecule has 6 heteroatoms. The highest BCUT2D eigenvalue weighted by Gasteiger charge is 2.13. The van der Waals surface area contributed by atoms with Crippen molar-refractivity contribution in [1.82, 2.24) is 20.5 Å². The highest BCUT2D eigenvalue weighted by Crippen LogP contribution is 2.10. The van der Waals surface area contributed by atoms with Gasteiger partial charge in [0, 0.05) is 31.1 Å². The standard InChI is InChI=1S/C11H18N4OS/c1-9-10(17-8-14-9)6-13-11(16)7-15-4-2-12-3-5-15/h8,12H,2-7H2,1H3,(H,13,16). The lowest BCUT2D eigenvalue weighted by molar-refractivity contribution is -0.122. The summed E-state index contributed by atoms with van der Waals surface area (Å²) in [5.74, 6) is 0.0969. The van der Waals surface area contributed by atoms with E-state index < -0.39 is 0 Å². The van der Waals surface area contributed by atoms with Crippen molar-refractivity contribution in [3.8, 4) is 0 Å². The number of aromatic nitrogens is 1. The minimum atomic E-state index is 0.0969. The molecule has 0 bridgehead atoms. The van der Waals surface area contributed by atoms with Crippen LogP contribution in [0.15, 0.2) is 5.51 Å². The summed E-state index contributed by atoms with van der Waals surface area (Å²) in [5.41, 5.74) is 2.82. The third kappa shape index (κ3) is 3.76. The fourth-order valence-corrected chi connectivity index (χ4v) is 2.52. The third-order valence-corrected chi connectivity index (χ3v) is 3.80. The van der Waals surface area contributed by atoms with Crippen LogP contribution in [-0.4, -0.2) is 48.5 Å². The molecule has 94 valence electrons. The molecule has 1 amide bonds. The summed E-state index contributed by atoms with van der Waals surface area (Å²) in [6.45, 7) is 6.91. The van der Waals surface area contributed by atoms with Crippen molar-refractivity contribution in [2.45, 2.75) is 13.5 Å². The Kier molecular flexibility index (Phi) is 4.47. The van der Waals surface area contributed by atoms with E-state index in [-0.39, 0.29) is 5.91 Å². The summed E-state index contributed by atoms with van der Waals surface area (Å²) in [6, 6.07) is 0. The van der Waals surface area contributed by atoms with E-state index in [1.165, 1.54) is 0 Å². The first-order valence-electron chi connectivity index (χ1n) is 5.84. The topological polar surface area (TPSA) is 57.3 Å². The summed E-state index contributed by atoms with van der Waals surface area (Å²) >= 11 is 1.59. The van der Waals surface area contributed by atoms with Crippen LogP contribution in [0.3, 0.4) is 0 Å². The van der Waals surface area contributed by atoms with Gasteiger partial charge in [-0.25, -0.2) is 4.98 Å². The molecule has 0 aliphatic carbocycles. The van der Waals surface area contributed by atoms with Crippen LogP contribution in [0.5, 0.6) is 0 Å². The lowest BCUT2D eigenvalue weighted by atomic mass is 10.3. The van der Waals surface area contributed by atoms with Crippen LogP contribution < -0.4 is 10.6 Å². The van der Waals surface area contributed by atoms with Gasteiger partial charge in [-0.15, -0.1) is 11.3 Å². The molecule has 0 radical (unpaired) electrons. The predicted octanol–water partition coefficient (Wildman–Crippen LogP) is -0.0271. The van der Waals surface area contributed by atoms with Gasteiger partial charge in [-0.05, 0) is 6.92 Å². The van der Waals surface area contributed by atoms with Gasteiger partial charge in [0.05, 0.1) is 24.3 Å². The van der Waals surface area contributed by atoms with Crippen LogP contribution >= 0.6 is 11.3 Å². The van der Waals surface area contributed by atoms with Crippen LogP contribution in [0, 0.1) is 6.92 Å². The SMILES string of the molecule is Cc1ncsc1CNC(=O)CN1CCNCC1. The summed E-state index contributed by atoms with van der Waals surface area (Å²) < 4.78 is 0. The first-order valence-corrected chi connectivity index (χ1v) is 6.72. The Morgan fingerprint density at radius 1 is 1.59 bits per heavy atom. The maximum atomic E-state index is 11.7. The van der Waals surface area contributed by atoms with Crippen molar-refractivity contribution in [2.75, 3.05) is 32.7 Å². The van der Waals surface area contributed by atoms with Gasteiger partial charge in [0.15, 0.2) is 0 Å². The molecule has 1 aromatic heterocycles.